The molecule has 2 aliphatic rings. The molecule has 0 saturated carbocycles. The third kappa shape index (κ3) is 3.60. The molecule has 2 aliphatic heterocycles. The summed E-state index contributed by atoms with van der Waals surface area (Å²) in [6, 6.07) is 5.88. The number of methoxy groups -OCH3 is 2. The summed E-state index contributed by atoms with van der Waals surface area (Å²) >= 11 is 0. The summed E-state index contributed by atoms with van der Waals surface area (Å²) in [6.45, 7) is 2.21. The molecule has 3 heterocycles. The number of ether oxygens (including phenoxy) is 2. The zero-order chi connectivity index (χ0) is 21.3. The molecule has 0 fully saturated rings. The van der Waals surface area contributed by atoms with Gasteiger partial charge in [0.15, 0.2) is 18.1 Å². The van der Waals surface area contributed by atoms with E-state index in [0.29, 0.717) is 5.56 Å². The van der Waals surface area contributed by atoms with E-state index in [9.17, 15) is 4.79 Å². The molecule has 0 saturated heterocycles. The molecule has 0 unspecified atom stereocenters. The molecule has 0 radical (unpaired) electrons. The zero-order valence-electron chi connectivity index (χ0n) is 18.1. The minimum absolute atomic E-state index is 0.260. The number of anilines is 2. The predicted octanol–water partition coefficient (Wildman–Crippen LogP) is 2.23. The first-order chi connectivity index (χ1) is 14.5. The van der Waals surface area contributed by atoms with Gasteiger partial charge in [0.05, 0.1) is 14.2 Å². The van der Waals surface area contributed by atoms with Crippen LogP contribution in [0.5, 0.6) is 5.75 Å². The lowest BCUT2D eigenvalue weighted by molar-refractivity contribution is -0.671. The first-order valence-corrected chi connectivity index (χ1v) is 10.4. The van der Waals surface area contributed by atoms with Crippen LogP contribution in [0.3, 0.4) is 0 Å². The zero-order valence-corrected chi connectivity index (χ0v) is 18.1. The van der Waals surface area contributed by atoms with Crippen molar-refractivity contribution in [1.29, 1.82) is 0 Å². The van der Waals surface area contributed by atoms with Gasteiger partial charge in [-0.2, -0.15) is 5.10 Å². The van der Waals surface area contributed by atoms with Crippen molar-refractivity contribution in [1.82, 2.24) is 0 Å². The van der Waals surface area contributed by atoms with E-state index >= 15 is 0 Å². The number of hydrogen-bond acceptors (Lipinski definition) is 6. The van der Waals surface area contributed by atoms with E-state index in [1.54, 1.807) is 12.1 Å². The molecule has 4 rings (SSSR count). The molecule has 0 N–H and O–H groups in total. The van der Waals surface area contributed by atoms with E-state index in [-0.39, 0.29) is 5.71 Å². The number of aryl methyl sites for hydroxylation is 2. The highest BCUT2D eigenvalue weighted by Gasteiger charge is 2.29. The first-order valence-electron chi connectivity index (χ1n) is 10.4. The Morgan fingerprint density at radius 2 is 1.87 bits per heavy atom. The Balaban J connectivity index is 1.80. The van der Waals surface area contributed by atoms with Crippen LogP contribution in [0, 0.1) is 0 Å². The molecule has 30 heavy (non-hydrogen) atoms. The highest BCUT2D eigenvalue weighted by atomic mass is 16.5. The molecule has 0 bridgehead atoms. The van der Waals surface area contributed by atoms with Crippen molar-refractivity contribution in [2.45, 2.75) is 25.7 Å². The molecular formula is C23H29N4O3+. The maximum atomic E-state index is 12.5. The largest absolute Gasteiger partial charge is 0.494 e. The van der Waals surface area contributed by atoms with Crippen LogP contribution in [0.25, 0.3) is 0 Å². The highest BCUT2D eigenvalue weighted by molar-refractivity contribution is 6.43. The molecule has 2 aromatic rings. The van der Waals surface area contributed by atoms with Crippen molar-refractivity contribution < 1.29 is 18.8 Å². The molecule has 7 heteroatoms. The predicted molar refractivity (Wildman–Crippen MR) is 116 cm³/mol. The normalized spacial score (nSPS) is 15.5. The number of pyridine rings is 1. The Morgan fingerprint density at radius 1 is 1.17 bits per heavy atom. The second-order valence-electron chi connectivity index (χ2n) is 7.83. The molecule has 0 amide bonds. The molecular weight excluding hydrogens is 380 g/mol. The second-order valence-corrected chi connectivity index (χ2v) is 7.83. The summed E-state index contributed by atoms with van der Waals surface area (Å²) in [5.74, 6) is 0.371. The fraction of sp³-hybridized carbons (Fsp3) is 0.435. The fourth-order valence-electron chi connectivity index (χ4n) is 4.46. The molecule has 7 nitrogen and oxygen atoms in total. The third-order valence-electron chi connectivity index (χ3n) is 5.89. The van der Waals surface area contributed by atoms with Crippen LogP contribution >= 0.6 is 0 Å². The minimum atomic E-state index is -0.472. The van der Waals surface area contributed by atoms with Crippen LogP contribution in [-0.2, 0) is 29.4 Å². The van der Waals surface area contributed by atoms with Gasteiger partial charge in [-0.25, -0.2) is 9.36 Å². The lowest BCUT2D eigenvalue weighted by Gasteiger charge is -2.38. The first kappa shape index (κ1) is 20.2. The summed E-state index contributed by atoms with van der Waals surface area (Å²) in [5, 5.41) is 6.40. The van der Waals surface area contributed by atoms with Crippen molar-refractivity contribution in [2.75, 3.05) is 44.3 Å². The molecule has 0 atom stereocenters. The van der Waals surface area contributed by atoms with Gasteiger partial charge in [-0.3, -0.25) is 5.01 Å². The van der Waals surface area contributed by atoms with Crippen LogP contribution in [-0.4, -0.2) is 46.0 Å². The lowest BCUT2D eigenvalue weighted by atomic mass is 9.90. The maximum absolute atomic E-state index is 12.5. The van der Waals surface area contributed by atoms with Crippen LogP contribution in [0.4, 0.5) is 11.4 Å². The number of hydrazone groups is 1. The van der Waals surface area contributed by atoms with Crippen LogP contribution in [0.1, 0.15) is 29.5 Å². The Morgan fingerprint density at radius 3 is 2.53 bits per heavy atom. The van der Waals surface area contributed by atoms with E-state index < -0.39 is 5.97 Å². The third-order valence-corrected chi connectivity index (χ3v) is 5.89. The van der Waals surface area contributed by atoms with Gasteiger partial charge in [-0.15, -0.1) is 0 Å². The molecule has 0 aliphatic carbocycles. The average Bonchev–Trinajstić information content (AvgIpc) is 2.77. The van der Waals surface area contributed by atoms with Crippen molar-refractivity contribution in [2.24, 2.45) is 12.1 Å². The monoisotopic (exact) mass is 409 g/mol. The van der Waals surface area contributed by atoms with Crippen molar-refractivity contribution in [3.8, 4) is 5.75 Å². The van der Waals surface area contributed by atoms with E-state index in [2.05, 4.69) is 16.1 Å². The summed E-state index contributed by atoms with van der Waals surface area (Å²) in [6.07, 6.45) is 8.07. The molecule has 0 spiro atoms. The molecule has 1 aromatic carbocycles. The SMILES string of the molecule is COC(=O)C(=NN(C)c1cc2c3c(c1OC)CCCN3CCC2)c1cc[n+](C)cc1. The summed E-state index contributed by atoms with van der Waals surface area (Å²) in [4.78, 5) is 15.0. The van der Waals surface area contributed by atoms with Gasteiger partial charge in [-0.05, 0) is 37.3 Å². The van der Waals surface area contributed by atoms with E-state index in [1.807, 2.05) is 43.2 Å². The quantitative estimate of drug-likeness (QED) is 0.328. The van der Waals surface area contributed by atoms with Gasteiger partial charge >= 0.3 is 5.97 Å². The number of carbonyl (C=O) groups is 1. The maximum Gasteiger partial charge on any atom is 0.359 e. The van der Waals surface area contributed by atoms with Gasteiger partial charge in [-0.1, -0.05) is 0 Å². The molecule has 158 valence electrons. The smallest absolute Gasteiger partial charge is 0.359 e. The van der Waals surface area contributed by atoms with Gasteiger partial charge < -0.3 is 14.4 Å². The topological polar surface area (TPSA) is 58.2 Å². The van der Waals surface area contributed by atoms with Crippen LogP contribution in [0.2, 0.25) is 0 Å². The number of benzene rings is 1. The summed E-state index contributed by atoms with van der Waals surface area (Å²) in [5.41, 5.74) is 5.77. The standard InChI is InChI=1S/C23H29N4O3/c1-25-13-9-16(10-14-25)20(23(28)30-4)24-26(2)19-15-17-7-5-11-27-12-6-8-18(21(17)27)22(19)29-3/h9-10,13-15H,5-8,11-12H2,1-4H3/q+1. The fourth-order valence-corrected chi connectivity index (χ4v) is 4.46. The van der Waals surface area contributed by atoms with Gasteiger partial charge in [0.25, 0.3) is 0 Å². The number of aromatic nitrogens is 1. The number of esters is 1. The Labute approximate surface area is 177 Å². The van der Waals surface area contributed by atoms with Crippen LogP contribution < -0.4 is 19.2 Å². The lowest BCUT2D eigenvalue weighted by Crippen LogP contribution is -2.35. The Kier molecular flexibility index (Phi) is 5.61. The van der Waals surface area contributed by atoms with Gasteiger partial charge in [0, 0.05) is 49.1 Å². The highest BCUT2D eigenvalue weighted by Crippen LogP contribution is 2.45. The minimum Gasteiger partial charge on any atom is -0.494 e. The van der Waals surface area contributed by atoms with E-state index in [1.165, 1.54) is 23.9 Å². The van der Waals surface area contributed by atoms with E-state index in [4.69, 9.17) is 9.47 Å². The number of carbonyl (C=O) groups excluding carboxylic acids is 1. The summed E-state index contributed by atoms with van der Waals surface area (Å²) < 4.78 is 12.8. The summed E-state index contributed by atoms with van der Waals surface area (Å²) in [7, 11) is 6.86. The van der Waals surface area contributed by atoms with Gasteiger partial charge in [0.2, 0.25) is 0 Å². The van der Waals surface area contributed by atoms with Crippen molar-refractivity contribution in [3.63, 3.8) is 0 Å². The second kappa shape index (κ2) is 8.34. The van der Waals surface area contributed by atoms with Crippen LogP contribution in [0.15, 0.2) is 35.7 Å². The number of rotatable bonds is 5. The Bertz CT molecular complexity index is 983. The van der Waals surface area contributed by atoms with Gasteiger partial charge in [0.1, 0.15) is 18.5 Å². The molecule has 1 aromatic heterocycles. The average molecular weight is 410 g/mol. The van der Waals surface area contributed by atoms with E-state index in [0.717, 1.165) is 50.2 Å². The van der Waals surface area contributed by atoms with Crippen molar-refractivity contribution in [3.05, 3.63) is 47.3 Å². The number of nitrogens with zero attached hydrogens (tertiary/aromatic N) is 4. The Hall–Kier alpha value is -3.09. The number of hydrogen-bond donors (Lipinski definition) is 0. The van der Waals surface area contributed by atoms with Crippen molar-refractivity contribution >= 4 is 23.1 Å².